The van der Waals surface area contributed by atoms with Gasteiger partial charge in [0, 0.05) is 17.5 Å². The fraction of sp³-hybridized carbons (Fsp3) is 0.520. The van der Waals surface area contributed by atoms with E-state index in [1.165, 1.54) is 24.3 Å². The zero-order valence-electron chi connectivity index (χ0n) is 20.2. The van der Waals surface area contributed by atoms with Crippen molar-refractivity contribution in [3.63, 3.8) is 0 Å². The maximum Gasteiger partial charge on any atom is 0.189 e. The van der Waals surface area contributed by atoms with E-state index in [9.17, 15) is 21.2 Å². The van der Waals surface area contributed by atoms with Crippen LogP contribution in [0.15, 0.2) is 41.3 Å². The highest BCUT2D eigenvalue weighted by Crippen LogP contribution is 2.56. The van der Waals surface area contributed by atoms with Gasteiger partial charge >= 0.3 is 0 Å². The molecule has 4 atom stereocenters. The first kappa shape index (κ1) is 26.8. The molecule has 0 spiro atoms. The number of nitrogens with zero attached hydrogens (tertiary/aromatic N) is 1. The lowest BCUT2D eigenvalue weighted by atomic mass is 9.75. The highest BCUT2D eigenvalue weighted by atomic mass is 35.5. The Kier molecular flexibility index (Phi) is 7.06. The van der Waals surface area contributed by atoms with Gasteiger partial charge in [0.05, 0.1) is 28.9 Å². The number of ether oxygens (including phenoxy) is 2. The zero-order valence-corrected chi connectivity index (χ0v) is 22.6. The molecule has 202 valence electrons. The van der Waals surface area contributed by atoms with Crippen molar-refractivity contribution in [2.24, 2.45) is 5.92 Å². The van der Waals surface area contributed by atoms with Gasteiger partial charge in [-0.3, -0.25) is 4.90 Å². The van der Waals surface area contributed by atoms with E-state index >= 15 is 4.39 Å². The molecule has 0 unspecified atom stereocenters. The molecule has 2 saturated heterocycles. The summed E-state index contributed by atoms with van der Waals surface area (Å²) in [5, 5.41) is -0.280. The first-order valence-corrected chi connectivity index (χ1v) is 15.7. The van der Waals surface area contributed by atoms with Crippen LogP contribution in [0.25, 0.3) is 0 Å². The van der Waals surface area contributed by atoms with E-state index < -0.39 is 59.2 Å². The lowest BCUT2D eigenvalue weighted by molar-refractivity contribution is -0.0732. The van der Waals surface area contributed by atoms with Gasteiger partial charge < -0.3 is 9.47 Å². The molecule has 2 aromatic carbocycles. The molecule has 0 N–H and O–H groups in total. The van der Waals surface area contributed by atoms with Crippen molar-refractivity contribution in [3.8, 4) is 5.75 Å². The third kappa shape index (κ3) is 4.36. The summed E-state index contributed by atoms with van der Waals surface area (Å²) in [4.78, 5) is 1.70. The predicted molar refractivity (Wildman–Crippen MR) is 134 cm³/mol. The van der Waals surface area contributed by atoms with Crippen LogP contribution in [0.5, 0.6) is 5.75 Å². The lowest BCUT2D eigenvalue weighted by Crippen LogP contribution is -2.58. The second-order valence-corrected chi connectivity index (χ2v) is 14.8. The SMILES string of the molecule is CN1CCC[C@@H]1S(=O)(=O)CC[C@@H]1OCC[C@@]2(S(=O)(=O)c3ccc(Cl)cc3)c3c(F)ccc(F)c3OC[C@@H]12. The van der Waals surface area contributed by atoms with Crippen LogP contribution in [0.3, 0.4) is 0 Å². The number of hydrogen-bond acceptors (Lipinski definition) is 7. The Morgan fingerprint density at radius 3 is 2.46 bits per heavy atom. The normalized spacial score (nSPS) is 28.4. The van der Waals surface area contributed by atoms with E-state index in [0.717, 1.165) is 18.6 Å². The van der Waals surface area contributed by atoms with Crippen molar-refractivity contribution in [2.75, 3.05) is 32.6 Å². The third-order valence-electron chi connectivity index (χ3n) is 7.90. The van der Waals surface area contributed by atoms with E-state index in [1.807, 2.05) is 0 Å². The maximum atomic E-state index is 15.5. The topological polar surface area (TPSA) is 90.0 Å². The minimum absolute atomic E-state index is 0.00482. The van der Waals surface area contributed by atoms with Gasteiger partial charge in [-0.15, -0.1) is 0 Å². The Labute approximate surface area is 220 Å². The van der Waals surface area contributed by atoms with Crippen molar-refractivity contribution in [1.82, 2.24) is 4.90 Å². The molecule has 3 aliphatic rings. The summed E-state index contributed by atoms with van der Waals surface area (Å²) in [6.07, 6.45) is 0.302. The Morgan fingerprint density at radius 2 is 1.78 bits per heavy atom. The third-order valence-corrected chi connectivity index (χ3v) is 12.9. The van der Waals surface area contributed by atoms with Crippen LogP contribution in [-0.4, -0.2) is 65.8 Å². The molecule has 12 heteroatoms. The van der Waals surface area contributed by atoms with Crippen LogP contribution in [0.4, 0.5) is 8.78 Å². The van der Waals surface area contributed by atoms with Crippen LogP contribution in [-0.2, 0) is 29.2 Å². The van der Waals surface area contributed by atoms with Gasteiger partial charge in [-0.05, 0) is 75.7 Å². The Balaban J connectivity index is 1.59. The summed E-state index contributed by atoms with van der Waals surface area (Å²) >= 11 is 5.98. The van der Waals surface area contributed by atoms with Gasteiger partial charge in [-0.25, -0.2) is 25.6 Å². The van der Waals surface area contributed by atoms with Crippen molar-refractivity contribution in [3.05, 3.63) is 58.6 Å². The smallest absolute Gasteiger partial charge is 0.189 e. The minimum atomic E-state index is -4.35. The molecular weight excluding hydrogens is 548 g/mol. The molecule has 0 radical (unpaired) electrons. The van der Waals surface area contributed by atoms with Crippen LogP contribution >= 0.6 is 11.6 Å². The van der Waals surface area contributed by atoms with E-state index in [1.54, 1.807) is 11.9 Å². The quantitative estimate of drug-likeness (QED) is 0.515. The van der Waals surface area contributed by atoms with Crippen LogP contribution in [0.1, 0.15) is 31.2 Å². The molecule has 2 aromatic rings. The van der Waals surface area contributed by atoms with Gasteiger partial charge in [0.2, 0.25) is 0 Å². The molecule has 37 heavy (non-hydrogen) atoms. The molecule has 7 nitrogen and oxygen atoms in total. The highest BCUT2D eigenvalue weighted by molar-refractivity contribution is 7.92. The number of fused-ring (bicyclic) bond motifs is 3. The Bertz CT molecular complexity index is 1400. The lowest BCUT2D eigenvalue weighted by Gasteiger charge is -2.50. The van der Waals surface area contributed by atoms with Gasteiger partial charge in [0.1, 0.15) is 15.9 Å². The molecule has 3 heterocycles. The van der Waals surface area contributed by atoms with Crippen LogP contribution in [0.2, 0.25) is 5.02 Å². The number of benzene rings is 2. The summed E-state index contributed by atoms with van der Waals surface area (Å²) in [7, 11) is -6.11. The molecule has 0 amide bonds. The predicted octanol–water partition coefficient (Wildman–Crippen LogP) is 3.94. The number of sulfone groups is 2. The first-order valence-electron chi connectivity index (χ1n) is 12.1. The molecular formula is C25H28ClF2NO6S2. The fourth-order valence-corrected chi connectivity index (χ4v) is 10.6. The van der Waals surface area contributed by atoms with Gasteiger partial charge in [-0.1, -0.05) is 11.6 Å². The molecule has 0 bridgehead atoms. The summed E-state index contributed by atoms with van der Waals surface area (Å²) in [6.45, 7) is 0.339. The van der Waals surface area contributed by atoms with E-state index in [2.05, 4.69) is 0 Å². The number of hydrogen-bond donors (Lipinski definition) is 0. The van der Waals surface area contributed by atoms with Crippen molar-refractivity contribution in [2.45, 2.75) is 46.8 Å². The first-order chi connectivity index (χ1) is 17.5. The van der Waals surface area contributed by atoms with Crippen molar-refractivity contribution in [1.29, 1.82) is 0 Å². The summed E-state index contributed by atoms with van der Waals surface area (Å²) in [5.74, 6) is -3.40. The Morgan fingerprint density at radius 1 is 1.08 bits per heavy atom. The molecule has 3 aliphatic heterocycles. The molecule has 0 aromatic heterocycles. The summed E-state index contributed by atoms with van der Waals surface area (Å²) in [6, 6.07) is 7.30. The van der Waals surface area contributed by atoms with E-state index in [-0.39, 0.29) is 42.3 Å². The number of halogens is 3. The second-order valence-electron chi connectivity index (χ2n) is 9.89. The van der Waals surface area contributed by atoms with Gasteiger partial charge in [0.15, 0.2) is 31.2 Å². The monoisotopic (exact) mass is 575 g/mol. The van der Waals surface area contributed by atoms with Gasteiger partial charge in [-0.2, -0.15) is 0 Å². The Hall–Kier alpha value is -1.79. The average Bonchev–Trinajstić information content (AvgIpc) is 3.31. The summed E-state index contributed by atoms with van der Waals surface area (Å²) < 4.78 is 94.7. The molecule has 2 fully saturated rings. The van der Waals surface area contributed by atoms with Gasteiger partial charge in [0.25, 0.3) is 0 Å². The fourth-order valence-electron chi connectivity index (χ4n) is 6.08. The van der Waals surface area contributed by atoms with Crippen molar-refractivity contribution < 1.29 is 35.1 Å². The van der Waals surface area contributed by atoms with Crippen LogP contribution in [0, 0.1) is 17.6 Å². The van der Waals surface area contributed by atoms with Crippen molar-refractivity contribution >= 4 is 31.3 Å². The second kappa shape index (κ2) is 9.75. The number of likely N-dealkylation sites (tertiary alicyclic amines) is 1. The number of rotatable bonds is 6. The molecule has 5 rings (SSSR count). The molecule has 0 saturated carbocycles. The average molecular weight is 576 g/mol. The zero-order chi connectivity index (χ0) is 26.6. The summed E-state index contributed by atoms with van der Waals surface area (Å²) in [5.41, 5.74) is -0.370. The van der Waals surface area contributed by atoms with E-state index in [4.69, 9.17) is 21.1 Å². The highest BCUT2D eigenvalue weighted by Gasteiger charge is 2.61. The van der Waals surface area contributed by atoms with E-state index in [0.29, 0.717) is 18.0 Å². The minimum Gasteiger partial charge on any atom is -0.490 e. The standard InChI is InChI=1S/C25H28ClF2NO6S2/c1-29-12-2-3-22(29)36(30,31)14-10-21-18-15-35-24-20(28)9-8-19(27)23(24)25(18,11-13-34-21)37(32,33)17-6-4-16(26)5-7-17/h4-9,18,21-22H,2-3,10-15H2,1H3/t18-,21-,22-,25-/m0/s1. The van der Waals surface area contributed by atoms with Crippen LogP contribution < -0.4 is 4.74 Å². The molecule has 0 aliphatic carbocycles. The largest absolute Gasteiger partial charge is 0.490 e. The maximum absolute atomic E-state index is 15.5.